The highest BCUT2D eigenvalue weighted by atomic mass is 31.2. The lowest BCUT2D eigenvalue weighted by Gasteiger charge is -2.40. The molecule has 0 fully saturated rings. The van der Waals surface area contributed by atoms with Gasteiger partial charge in [-0.1, -0.05) is 102 Å². The van der Waals surface area contributed by atoms with Gasteiger partial charge in [0.05, 0.1) is 0 Å². The minimum atomic E-state index is -4.25. The summed E-state index contributed by atoms with van der Waals surface area (Å²) in [5, 5.41) is 0.439. The zero-order valence-electron chi connectivity index (χ0n) is 21.6. The van der Waals surface area contributed by atoms with Gasteiger partial charge in [-0.25, -0.2) is 0 Å². The van der Waals surface area contributed by atoms with Gasteiger partial charge in [-0.3, -0.25) is 0 Å². The molecular formula is C26H47O3P. The molecule has 0 bridgehead atoms. The molecule has 1 unspecified atom stereocenters. The van der Waals surface area contributed by atoms with E-state index in [0.717, 1.165) is 36.0 Å². The van der Waals surface area contributed by atoms with Crippen LogP contribution in [0.5, 0.6) is 0 Å². The highest BCUT2D eigenvalue weighted by molar-refractivity contribution is 7.60. The van der Waals surface area contributed by atoms with Crippen LogP contribution >= 0.6 is 7.57 Å². The van der Waals surface area contributed by atoms with Gasteiger partial charge in [0, 0.05) is 5.29 Å². The molecule has 3 N–H and O–H groups in total. The van der Waals surface area contributed by atoms with Crippen molar-refractivity contribution in [3.63, 3.8) is 0 Å². The van der Waals surface area contributed by atoms with Gasteiger partial charge in [0.25, 0.3) is 7.57 Å². The Hall–Kier alpha value is -0.600. The third-order valence-corrected chi connectivity index (χ3v) is 7.67. The van der Waals surface area contributed by atoms with Crippen LogP contribution in [0.3, 0.4) is 0 Å². The zero-order chi connectivity index (χ0) is 23.9. The van der Waals surface area contributed by atoms with E-state index in [9.17, 15) is 14.7 Å². The van der Waals surface area contributed by atoms with Gasteiger partial charge in [0.1, 0.15) is 0 Å². The maximum atomic E-state index is 10.8. The van der Waals surface area contributed by atoms with Gasteiger partial charge >= 0.3 is 0 Å². The molecule has 4 heteroatoms. The highest BCUT2D eigenvalue weighted by Crippen LogP contribution is 2.51. The molecule has 0 radical (unpaired) electrons. The lowest BCUT2D eigenvalue weighted by Crippen LogP contribution is -2.35. The largest absolute Gasteiger partial charge is 0.333 e. The van der Waals surface area contributed by atoms with E-state index in [2.05, 4.69) is 95.2 Å². The normalized spacial score (nSPS) is 15.8. The van der Waals surface area contributed by atoms with Gasteiger partial charge < -0.3 is 14.7 Å². The number of hydrogen-bond acceptors (Lipinski definition) is 3. The van der Waals surface area contributed by atoms with Crippen LogP contribution in [0.2, 0.25) is 0 Å². The molecule has 1 aromatic carbocycles. The summed E-state index contributed by atoms with van der Waals surface area (Å²) in [4.78, 5) is 32.5. The molecule has 0 saturated heterocycles. The third-order valence-electron chi connectivity index (χ3n) is 6.31. The monoisotopic (exact) mass is 438 g/mol. The van der Waals surface area contributed by atoms with E-state index in [1.54, 1.807) is 0 Å². The molecule has 0 spiro atoms. The summed E-state index contributed by atoms with van der Waals surface area (Å²) in [7, 11) is -4.25. The highest BCUT2D eigenvalue weighted by Gasteiger charge is 2.40. The van der Waals surface area contributed by atoms with E-state index in [-0.39, 0.29) is 16.2 Å². The summed E-state index contributed by atoms with van der Waals surface area (Å²) in [6, 6.07) is 4.45. The molecule has 0 saturated carbocycles. The predicted octanol–water partition coefficient (Wildman–Crippen LogP) is 7.06. The second-order valence-corrected chi connectivity index (χ2v) is 13.9. The zero-order valence-corrected chi connectivity index (χ0v) is 22.5. The molecule has 0 aliphatic carbocycles. The molecular weight excluding hydrogens is 391 g/mol. The minimum absolute atomic E-state index is 0.0416. The molecule has 1 atom stereocenters. The fraction of sp³-hybridized carbons (Fsp3) is 0.731. The van der Waals surface area contributed by atoms with Crippen LogP contribution < -0.4 is 0 Å². The minimum Gasteiger partial charge on any atom is -0.333 e. The summed E-state index contributed by atoms with van der Waals surface area (Å²) in [5.41, 5.74) is 3.26. The molecule has 0 amide bonds. The van der Waals surface area contributed by atoms with Crippen LogP contribution in [-0.4, -0.2) is 20.0 Å². The number of benzene rings is 1. The molecule has 30 heavy (non-hydrogen) atoms. The SMILES string of the molecule is CCCC(C)(CC)C(c1c(C(C)(C)C)cc(C(C)(C)C)cc1C(C)(C)C)=P(O)(O)O. The predicted molar refractivity (Wildman–Crippen MR) is 134 cm³/mol. The summed E-state index contributed by atoms with van der Waals surface area (Å²) < 4.78 is 0. The van der Waals surface area contributed by atoms with E-state index in [0.29, 0.717) is 5.29 Å². The standard InChI is InChI=1S/C26H47O3P/c1-13-15-26(12,14-2)22(30(27,28)29)21-19(24(6,7)8)16-18(23(3,4)5)17-20(21)25(9,10)11/h16-17,27-29H,13-15H2,1-12H3. The Bertz CT molecular complexity index is 767. The molecule has 0 aliphatic heterocycles. The van der Waals surface area contributed by atoms with E-state index in [1.165, 1.54) is 5.56 Å². The van der Waals surface area contributed by atoms with Gasteiger partial charge in [-0.05, 0) is 56.8 Å². The van der Waals surface area contributed by atoms with Gasteiger partial charge in [0.15, 0.2) is 0 Å². The average Bonchev–Trinajstić information content (AvgIpc) is 2.50. The Labute approximate surface area is 186 Å². The van der Waals surface area contributed by atoms with Crippen molar-refractivity contribution in [3.8, 4) is 0 Å². The third kappa shape index (κ3) is 6.00. The van der Waals surface area contributed by atoms with Gasteiger partial charge in [0.2, 0.25) is 0 Å². The van der Waals surface area contributed by atoms with Gasteiger partial charge in [-0.15, -0.1) is 0 Å². The number of hydrogen-bond donors (Lipinski definition) is 3. The first-order chi connectivity index (χ1) is 13.2. The summed E-state index contributed by atoms with van der Waals surface area (Å²) in [6.45, 7) is 25.9. The fourth-order valence-electron chi connectivity index (χ4n) is 4.34. The van der Waals surface area contributed by atoms with Crippen molar-refractivity contribution in [1.29, 1.82) is 0 Å². The first-order valence-corrected chi connectivity index (χ1v) is 13.0. The molecule has 0 aromatic heterocycles. The van der Waals surface area contributed by atoms with Gasteiger partial charge in [-0.2, -0.15) is 0 Å². The molecule has 1 aromatic rings. The summed E-state index contributed by atoms with van der Waals surface area (Å²) in [6.07, 6.45) is 2.42. The lowest BCUT2D eigenvalue weighted by molar-refractivity contribution is 0.348. The van der Waals surface area contributed by atoms with Crippen molar-refractivity contribution >= 4 is 12.9 Å². The van der Waals surface area contributed by atoms with E-state index < -0.39 is 13.0 Å². The first-order valence-electron chi connectivity index (χ1n) is 11.3. The van der Waals surface area contributed by atoms with Crippen LogP contribution in [0.25, 0.3) is 0 Å². The van der Waals surface area contributed by atoms with E-state index in [4.69, 9.17) is 0 Å². The van der Waals surface area contributed by atoms with Crippen molar-refractivity contribution in [3.05, 3.63) is 34.4 Å². The lowest BCUT2D eigenvalue weighted by atomic mass is 9.67. The maximum absolute atomic E-state index is 10.8. The van der Waals surface area contributed by atoms with Crippen LogP contribution in [0.15, 0.2) is 12.1 Å². The Morgan fingerprint density at radius 3 is 1.37 bits per heavy atom. The van der Waals surface area contributed by atoms with Crippen molar-refractivity contribution in [2.45, 2.75) is 119 Å². The molecule has 1 rings (SSSR count). The van der Waals surface area contributed by atoms with Crippen molar-refractivity contribution in [2.75, 3.05) is 0 Å². The molecule has 174 valence electrons. The van der Waals surface area contributed by atoms with Crippen molar-refractivity contribution in [2.24, 2.45) is 5.41 Å². The van der Waals surface area contributed by atoms with Crippen LogP contribution in [0.1, 0.15) is 125 Å². The quantitative estimate of drug-likeness (QED) is 0.431. The average molecular weight is 439 g/mol. The second-order valence-electron chi connectivity index (χ2n) is 12.3. The summed E-state index contributed by atoms with van der Waals surface area (Å²) >= 11 is 0. The Balaban J connectivity index is 4.37. The smallest absolute Gasteiger partial charge is 0.254 e. The van der Waals surface area contributed by atoms with Crippen LogP contribution in [0, 0.1) is 5.41 Å². The second kappa shape index (κ2) is 8.74. The molecule has 0 heterocycles. The first kappa shape index (κ1) is 27.4. The number of rotatable bonds is 5. The van der Waals surface area contributed by atoms with E-state index >= 15 is 0 Å². The Morgan fingerprint density at radius 1 is 0.733 bits per heavy atom. The van der Waals surface area contributed by atoms with Crippen LogP contribution in [0.4, 0.5) is 0 Å². The van der Waals surface area contributed by atoms with Crippen molar-refractivity contribution < 1.29 is 14.7 Å². The van der Waals surface area contributed by atoms with Crippen molar-refractivity contribution in [1.82, 2.24) is 0 Å². The molecule has 0 aliphatic rings. The Kier molecular flexibility index (Phi) is 7.99. The van der Waals surface area contributed by atoms with E-state index in [1.807, 2.05) is 0 Å². The maximum Gasteiger partial charge on any atom is 0.254 e. The topological polar surface area (TPSA) is 60.7 Å². The fourth-order valence-corrected chi connectivity index (χ4v) is 5.88. The van der Waals surface area contributed by atoms with Crippen LogP contribution in [-0.2, 0) is 16.2 Å². The molecule has 3 nitrogen and oxygen atoms in total. The Morgan fingerprint density at radius 2 is 1.13 bits per heavy atom. The summed E-state index contributed by atoms with van der Waals surface area (Å²) in [5.74, 6) is 0.